The standard InChI is InChI=1S/C8H14N2/c1-3-4-5-8(9)6-7-10-2/h3-7,10H,9H2,1-2H3/b4-3-,7-6+,8-5+. The number of rotatable bonds is 3. The summed E-state index contributed by atoms with van der Waals surface area (Å²) in [5.74, 6) is 0. The summed E-state index contributed by atoms with van der Waals surface area (Å²) >= 11 is 0. The minimum absolute atomic E-state index is 0.743. The lowest BCUT2D eigenvalue weighted by atomic mass is 10.4. The van der Waals surface area contributed by atoms with Gasteiger partial charge in [-0.05, 0) is 25.3 Å². The number of hydrogen-bond donors (Lipinski definition) is 2. The molecule has 2 nitrogen and oxygen atoms in total. The molecule has 0 amide bonds. The van der Waals surface area contributed by atoms with Gasteiger partial charge in [-0.2, -0.15) is 0 Å². The van der Waals surface area contributed by atoms with Crippen molar-refractivity contribution in [1.29, 1.82) is 0 Å². The molecule has 0 rings (SSSR count). The third kappa shape index (κ3) is 4.97. The molecular weight excluding hydrogens is 124 g/mol. The lowest BCUT2D eigenvalue weighted by Gasteiger charge is -1.88. The van der Waals surface area contributed by atoms with Crippen LogP contribution in [0.1, 0.15) is 6.92 Å². The number of nitrogens with one attached hydrogen (secondary N) is 1. The predicted molar refractivity (Wildman–Crippen MR) is 45.3 cm³/mol. The number of hydrogen-bond acceptors (Lipinski definition) is 2. The molecule has 0 unspecified atom stereocenters. The molecule has 0 aliphatic carbocycles. The SMILES string of the molecule is C\C=C/C=C(N)\C=C\NC. The molecule has 0 aromatic heterocycles. The van der Waals surface area contributed by atoms with Crippen molar-refractivity contribution in [3.8, 4) is 0 Å². The molecule has 0 fully saturated rings. The summed E-state index contributed by atoms with van der Waals surface area (Å²) in [6.45, 7) is 1.95. The second-order valence-corrected chi connectivity index (χ2v) is 1.81. The van der Waals surface area contributed by atoms with E-state index in [-0.39, 0.29) is 0 Å². The molecule has 0 spiro atoms. The molecule has 0 bridgehead atoms. The quantitative estimate of drug-likeness (QED) is 0.574. The molecule has 3 N–H and O–H groups in total. The van der Waals surface area contributed by atoms with Crippen molar-refractivity contribution in [1.82, 2.24) is 5.32 Å². The summed E-state index contributed by atoms with van der Waals surface area (Å²) in [6, 6.07) is 0. The topological polar surface area (TPSA) is 38.0 Å². The van der Waals surface area contributed by atoms with E-state index in [1.54, 1.807) is 12.3 Å². The van der Waals surface area contributed by atoms with E-state index < -0.39 is 0 Å². The first kappa shape index (κ1) is 8.82. The van der Waals surface area contributed by atoms with Gasteiger partial charge < -0.3 is 11.1 Å². The molecule has 0 radical (unpaired) electrons. The minimum Gasteiger partial charge on any atom is -0.399 e. The minimum atomic E-state index is 0.743. The van der Waals surface area contributed by atoms with E-state index in [0.717, 1.165) is 5.70 Å². The Labute approximate surface area is 62.1 Å². The fourth-order valence-corrected chi connectivity index (χ4v) is 0.442. The van der Waals surface area contributed by atoms with E-state index in [0.29, 0.717) is 0 Å². The Hall–Kier alpha value is -1.18. The second kappa shape index (κ2) is 5.95. The van der Waals surface area contributed by atoms with Gasteiger partial charge in [0.05, 0.1) is 0 Å². The highest BCUT2D eigenvalue weighted by molar-refractivity contribution is 5.19. The summed E-state index contributed by atoms with van der Waals surface area (Å²) in [6.07, 6.45) is 9.26. The summed E-state index contributed by atoms with van der Waals surface area (Å²) in [5.41, 5.74) is 6.27. The maximum atomic E-state index is 5.53. The largest absolute Gasteiger partial charge is 0.399 e. The first-order valence-electron chi connectivity index (χ1n) is 3.23. The van der Waals surface area contributed by atoms with Gasteiger partial charge in [0.2, 0.25) is 0 Å². The predicted octanol–water partition coefficient (Wildman–Crippen LogP) is 1.14. The first-order valence-corrected chi connectivity index (χ1v) is 3.23. The zero-order valence-corrected chi connectivity index (χ0v) is 6.46. The first-order chi connectivity index (χ1) is 4.81. The third-order valence-corrected chi connectivity index (χ3v) is 0.924. The van der Waals surface area contributed by atoms with E-state index in [1.807, 2.05) is 32.2 Å². The number of allylic oxidation sites excluding steroid dienone is 4. The molecule has 0 aliphatic heterocycles. The zero-order chi connectivity index (χ0) is 7.82. The van der Waals surface area contributed by atoms with Gasteiger partial charge in [0, 0.05) is 12.7 Å². The molecule has 0 saturated carbocycles. The van der Waals surface area contributed by atoms with Crippen LogP contribution in [0.4, 0.5) is 0 Å². The molecule has 56 valence electrons. The van der Waals surface area contributed by atoms with Gasteiger partial charge in [-0.1, -0.05) is 12.2 Å². The van der Waals surface area contributed by atoms with Crippen molar-refractivity contribution in [2.24, 2.45) is 5.73 Å². The summed E-state index contributed by atoms with van der Waals surface area (Å²) < 4.78 is 0. The van der Waals surface area contributed by atoms with Gasteiger partial charge in [-0.3, -0.25) is 0 Å². The van der Waals surface area contributed by atoms with Crippen molar-refractivity contribution in [3.63, 3.8) is 0 Å². The van der Waals surface area contributed by atoms with Crippen LogP contribution in [0.25, 0.3) is 0 Å². The van der Waals surface area contributed by atoms with E-state index in [2.05, 4.69) is 5.32 Å². The number of nitrogens with two attached hydrogens (primary N) is 1. The van der Waals surface area contributed by atoms with Gasteiger partial charge >= 0.3 is 0 Å². The Balaban J connectivity index is 3.81. The monoisotopic (exact) mass is 138 g/mol. The van der Waals surface area contributed by atoms with E-state index in [9.17, 15) is 0 Å². The zero-order valence-electron chi connectivity index (χ0n) is 6.46. The van der Waals surface area contributed by atoms with Crippen LogP contribution in [0.2, 0.25) is 0 Å². The molecule has 0 heterocycles. The van der Waals surface area contributed by atoms with Gasteiger partial charge in [-0.25, -0.2) is 0 Å². The van der Waals surface area contributed by atoms with Crippen LogP contribution in [0.15, 0.2) is 36.2 Å². The Morgan fingerprint density at radius 3 is 2.70 bits per heavy atom. The average molecular weight is 138 g/mol. The van der Waals surface area contributed by atoms with E-state index in [4.69, 9.17) is 5.73 Å². The maximum Gasteiger partial charge on any atom is 0.0328 e. The van der Waals surface area contributed by atoms with Crippen LogP contribution >= 0.6 is 0 Å². The fraction of sp³-hybridized carbons (Fsp3) is 0.250. The normalized spacial score (nSPS) is 13.2. The van der Waals surface area contributed by atoms with E-state index >= 15 is 0 Å². The van der Waals surface area contributed by atoms with Crippen LogP contribution in [0.3, 0.4) is 0 Å². The molecule has 0 aromatic carbocycles. The molecule has 0 atom stereocenters. The molecule has 0 saturated heterocycles. The highest BCUT2D eigenvalue weighted by Gasteiger charge is 1.74. The van der Waals surface area contributed by atoms with Crippen molar-refractivity contribution < 1.29 is 0 Å². The van der Waals surface area contributed by atoms with Crippen LogP contribution < -0.4 is 11.1 Å². The molecule has 0 aromatic rings. The highest BCUT2D eigenvalue weighted by Crippen LogP contribution is 1.85. The highest BCUT2D eigenvalue weighted by atomic mass is 14.8. The van der Waals surface area contributed by atoms with Crippen molar-refractivity contribution >= 4 is 0 Å². The average Bonchev–Trinajstić information content (AvgIpc) is 1.97. The molecule has 10 heavy (non-hydrogen) atoms. The molecule has 0 aliphatic rings. The third-order valence-electron chi connectivity index (χ3n) is 0.924. The van der Waals surface area contributed by atoms with Crippen molar-refractivity contribution in [2.45, 2.75) is 6.92 Å². The van der Waals surface area contributed by atoms with Crippen LogP contribution in [0.5, 0.6) is 0 Å². The Morgan fingerprint density at radius 1 is 1.50 bits per heavy atom. The van der Waals surface area contributed by atoms with Crippen molar-refractivity contribution in [3.05, 3.63) is 36.2 Å². The Kier molecular flexibility index (Phi) is 5.25. The van der Waals surface area contributed by atoms with Gasteiger partial charge in [0.15, 0.2) is 0 Å². The van der Waals surface area contributed by atoms with Gasteiger partial charge in [-0.15, -0.1) is 0 Å². The smallest absolute Gasteiger partial charge is 0.0328 e. The van der Waals surface area contributed by atoms with Crippen LogP contribution in [-0.4, -0.2) is 7.05 Å². The lowest BCUT2D eigenvalue weighted by Crippen LogP contribution is -1.96. The maximum absolute atomic E-state index is 5.53. The molecular formula is C8H14N2. The van der Waals surface area contributed by atoms with E-state index in [1.165, 1.54) is 0 Å². The Bertz CT molecular complexity index is 155. The lowest BCUT2D eigenvalue weighted by molar-refractivity contribution is 1.10. The van der Waals surface area contributed by atoms with Crippen LogP contribution in [0, 0.1) is 0 Å². The van der Waals surface area contributed by atoms with Crippen molar-refractivity contribution in [2.75, 3.05) is 7.05 Å². The fourth-order valence-electron chi connectivity index (χ4n) is 0.442. The van der Waals surface area contributed by atoms with Gasteiger partial charge in [0.25, 0.3) is 0 Å². The summed E-state index contributed by atoms with van der Waals surface area (Å²) in [4.78, 5) is 0. The molecule has 2 heteroatoms. The van der Waals surface area contributed by atoms with Gasteiger partial charge in [0.1, 0.15) is 0 Å². The summed E-state index contributed by atoms with van der Waals surface area (Å²) in [7, 11) is 1.83. The Morgan fingerprint density at radius 2 is 2.20 bits per heavy atom. The second-order valence-electron chi connectivity index (χ2n) is 1.81. The summed E-state index contributed by atoms with van der Waals surface area (Å²) in [5, 5.41) is 2.85. The van der Waals surface area contributed by atoms with Crippen LogP contribution in [-0.2, 0) is 0 Å².